The van der Waals surface area contributed by atoms with Gasteiger partial charge in [-0.25, -0.2) is 4.98 Å². The van der Waals surface area contributed by atoms with Gasteiger partial charge in [0.1, 0.15) is 0 Å². The van der Waals surface area contributed by atoms with Crippen molar-refractivity contribution >= 4 is 17.2 Å². The quantitative estimate of drug-likeness (QED) is 0.831. The fourth-order valence-electron chi connectivity index (χ4n) is 2.22. The van der Waals surface area contributed by atoms with Crippen LogP contribution in [0.25, 0.3) is 0 Å². The zero-order valence-electron chi connectivity index (χ0n) is 10.9. The number of rotatable bonds is 5. The molecule has 1 N–H and O–H groups in total. The van der Waals surface area contributed by atoms with E-state index in [1.807, 2.05) is 6.92 Å². The van der Waals surface area contributed by atoms with E-state index in [1.165, 1.54) is 43.7 Å². The summed E-state index contributed by atoms with van der Waals surface area (Å²) in [5.74, 6) is -0.0354. The lowest BCUT2D eigenvalue weighted by molar-refractivity contribution is 0.0950. The molecule has 0 unspecified atom stereocenters. The normalized spacial score (nSPS) is 16.7. The average Bonchev–Trinajstić information content (AvgIpc) is 2.82. The highest BCUT2D eigenvalue weighted by molar-refractivity contribution is 7.13. The van der Waals surface area contributed by atoms with Crippen LogP contribution < -0.4 is 5.32 Å². The number of hydrogen-bond donors (Lipinski definition) is 1. The molecule has 0 saturated carbocycles. The zero-order chi connectivity index (χ0) is 12.8. The standard InChI is InChI=1S/C13H21N3OS/c1-11-10-15-13(18-11)12(17)14-6-5-9-16-7-3-2-4-8-16/h10H,2-9H2,1H3,(H,14,17). The number of nitrogens with one attached hydrogen (secondary N) is 1. The molecule has 1 aliphatic heterocycles. The molecule has 1 fully saturated rings. The van der Waals surface area contributed by atoms with Crippen LogP contribution >= 0.6 is 11.3 Å². The predicted molar refractivity (Wildman–Crippen MR) is 74.1 cm³/mol. The molecule has 4 nitrogen and oxygen atoms in total. The topological polar surface area (TPSA) is 45.2 Å². The number of amides is 1. The molecule has 1 saturated heterocycles. The fraction of sp³-hybridized carbons (Fsp3) is 0.692. The molecule has 0 aliphatic carbocycles. The summed E-state index contributed by atoms with van der Waals surface area (Å²) in [6.07, 6.45) is 6.79. The van der Waals surface area contributed by atoms with Crippen molar-refractivity contribution in [1.82, 2.24) is 15.2 Å². The maximum Gasteiger partial charge on any atom is 0.280 e. The second kappa shape index (κ2) is 6.85. The Kier molecular flexibility index (Phi) is 5.13. The number of hydrogen-bond acceptors (Lipinski definition) is 4. The van der Waals surface area contributed by atoms with Gasteiger partial charge in [-0.05, 0) is 45.8 Å². The first kappa shape index (κ1) is 13.5. The molecular weight excluding hydrogens is 246 g/mol. The first-order valence-electron chi connectivity index (χ1n) is 6.69. The van der Waals surface area contributed by atoms with Crippen LogP contribution in [0, 0.1) is 6.92 Å². The Balaban J connectivity index is 1.61. The lowest BCUT2D eigenvalue weighted by Crippen LogP contribution is -2.33. The molecule has 2 rings (SSSR count). The van der Waals surface area contributed by atoms with Crippen molar-refractivity contribution in [2.75, 3.05) is 26.2 Å². The number of aryl methyl sites for hydroxylation is 1. The highest BCUT2D eigenvalue weighted by atomic mass is 32.1. The summed E-state index contributed by atoms with van der Waals surface area (Å²) >= 11 is 1.45. The molecule has 1 aromatic rings. The highest BCUT2D eigenvalue weighted by Gasteiger charge is 2.11. The molecule has 0 bridgehead atoms. The van der Waals surface area contributed by atoms with Crippen LogP contribution in [0.5, 0.6) is 0 Å². The summed E-state index contributed by atoms with van der Waals surface area (Å²) in [7, 11) is 0. The van der Waals surface area contributed by atoms with Crippen molar-refractivity contribution in [2.24, 2.45) is 0 Å². The van der Waals surface area contributed by atoms with Crippen LogP contribution in [-0.2, 0) is 0 Å². The summed E-state index contributed by atoms with van der Waals surface area (Å²) in [4.78, 5) is 19.4. The maximum atomic E-state index is 11.7. The molecule has 100 valence electrons. The Hall–Kier alpha value is -0.940. The number of likely N-dealkylation sites (tertiary alicyclic amines) is 1. The Labute approximate surface area is 112 Å². The molecule has 0 radical (unpaired) electrons. The van der Waals surface area contributed by atoms with Crippen LogP contribution in [0.2, 0.25) is 0 Å². The van der Waals surface area contributed by atoms with E-state index < -0.39 is 0 Å². The van der Waals surface area contributed by atoms with E-state index in [4.69, 9.17) is 0 Å². The van der Waals surface area contributed by atoms with Gasteiger partial charge < -0.3 is 10.2 Å². The van der Waals surface area contributed by atoms with Gasteiger partial charge in [0.25, 0.3) is 5.91 Å². The van der Waals surface area contributed by atoms with E-state index in [0.29, 0.717) is 5.01 Å². The van der Waals surface area contributed by atoms with Crippen LogP contribution in [0.15, 0.2) is 6.20 Å². The van der Waals surface area contributed by atoms with Gasteiger partial charge in [-0.2, -0.15) is 0 Å². The third kappa shape index (κ3) is 4.07. The molecular formula is C13H21N3OS. The lowest BCUT2D eigenvalue weighted by Gasteiger charge is -2.26. The zero-order valence-corrected chi connectivity index (χ0v) is 11.8. The van der Waals surface area contributed by atoms with Crippen molar-refractivity contribution in [3.05, 3.63) is 16.1 Å². The first-order chi connectivity index (χ1) is 8.75. The summed E-state index contributed by atoms with van der Waals surface area (Å²) < 4.78 is 0. The molecule has 1 amide bonds. The smallest absolute Gasteiger partial charge is 0.280 e. The van der Waals surface area contributed by atoms with Crippen molar-refractivity contribution in [1.29, 1.82) is 0 Å². The number of nitrogens with zero attached hydrogens (tertiary/aromatic N) is 2. The van der Waals surface area contributed by atoms with E-state index in [0.717, 1.165) is 24.4 Å². The van der Waals surface area contributed by atoms with Gasteiger partial charge in [0.2, 0.25) is 0 Å². The monoisotopic (exact) mass is 267 g/mol. The lowest BCUT2D eigenvalue weighted by atomic mass is 10.1. The Morgan fingerprint density at radius 3 is 2.89 bits per heavy atom. The van der Waals surface area contributed by atoms with Gasteiger partial charge in [-0.1, -0.05) is 6.42 Å². The van der Waals surface area contributed by atoms with Crippen LogP contribution in [0.4, 0.5) is 0 Å². The van der Waals surface area contributed by atoms with Crippen LogP contribution in [-0.4, -0.2) is 42.0 Å². The van der Waals surface area contributed by atoms with Crippen molar-refractivity contribution in [2.45, 2.75) is 32.6 Å². The maximum absolute atomic E-state index is 11.7. The van der Waals surface area contributed by atoms with Crippen molar-refractivity contribution < 1.29 is 4.79 Å². The first-order valence-corrected chi connectivity index (χ1v) is 7.50. The van der Waals surface area contributed by atoms with Gasteiger partial charge >= 0.3 is 0 Å². The molecule has 5 heteroatoms. The summed E-state index contributed by atoms with van der Waals surface area (Å²) in [5.41, 5.74) is 0. The van der Waals surface area contributed by atoms with E-state index in [1.54, 1.807) is 6.20 Å². The third-order valence-electron chi connectivity index (χ3n) is 3.20. The number of carbonyl (C=O) groups is 1. The summed E-state index contributed by atoms with van der Waals surface area (Å²) in [5, 5.41) is 3.51. The van der Waals surface area contributed by atoms with Crippen LogP contribution in [0.1, 0.15) is 40.4 Å². The molecule has 2 heterocycles. The Morgan fingerprint density at radius 2 is 2.22 bits per heavy atom. The number of carbonyl (C=O) groups excluding carboxylic acids is 1. The van der Waals surface area contributed by atoms with E-state index >= 15 is 0 Å². The molecule has 1 aliphatic rings. The van der Waals surface area contributed by atoms with Gasteiger partial charge in [0, 0.05) is 17.6 Å². The minimum absolute atomic E-state index is 0.0354. The van der Waals surface area contributed by atoms with Crippen molar-refractivity contribution in [3.63, 3.8) is 0 Å². The largest absolute Gasteiger partial charge is 0.350 e. The third-order valence-corrected chi connectivity index (χ3v) is 4.11. The molecule has 0 aromatic carbocycles. The van der Waals surface area contributed by atoms with Gasteiger partial charge in [-0.15, -0.1) is 11.3 Å². The fourth-order valence-corrected chi connectivity index (χ4v) is 2.90. The Morgan fingerprint density at radius 1 is 1.44 bits per heavy atom. The average molecular weight is 267 g/mol. The summed E-state index contributed by atoms with van der Waals surface area (Å²) in [6, 6.07) is 0. The predicted octanol–water partition coefficient (Wildman–Crippen LogP) is 2.06. The van der Waals surface area contributed by atoms with Crippen molar-refractivity contribution in [3.8, 4) is 0 Å². The number of piperidine rings is 1. The number of thiazole rings is 1. The second-order valence-electron chi connectivity index (χ2n) is 4.79. The van der Waals surface area contributed by atoms with E-state index in [9.17, 15) is 4.79 Å². The van der Waals surface area contributed by atoms with E-state index in [-0.39, 0.29) is 5.91 Å². The summed E-state index contributed by atoms with van der Waals surface area (Å²) in [6.45, 7) is 6.25. The van der Waals surface area contributed by atoms with Gasteiger partial charge in [0.15, 0.2) is 5.01 Å². The van der Waals surface area contributed by atoms with Gasteiger partial charge in [0.05, 0.1) is 0 Å². The highest BCUT2D eigenvalue weighted by Crippen LogP contribution is 2.11. The number of aromatic nitrogens is 1. The minimum atomic E-state index is -0.0354. The minimum Gasteiger partial charge on any atom is -0.350 e. The van der Waals surface area contributed by atoms with Gasteiger partial charge in [-0.3, -0.25) is 4.79 Å². The molecule has 1 aromatic heterocycles. The Bertz CT molecular complexity index is 385. The van der Waals surface area contributed by atoms with E-state index in [2.05, 4.69) is 15.2 Å². The van der Waals surface area contributed by atoms with Crippen LogP contribution in [0.3, 0.4) is 0 Å². The molecule has 18 heavy (non-hydrogen) atoms. The SMILES string of the molecule is Cc1cnc(C(=O)NCCCN2CCCCC2)s1. The molecule has 0 atom stereocenters. The second-order valence-corrected chi connectivity index (χ2v) is 6.02. The molecule has 0 spiro atoms.